The third kappa shape index (κ3) is 6.17. The van der Waals surface area contributed by atoms with Crippen molar-refractivity contribution in [2.24, 2.45) is 0 Å². The number of carbonyl (C=O) groups excluding carboxylic acids is 1. The smallest absolute Gasteiger partial charge is 0.768 e. The van der Waals surface area contributed by atoms with E-state index in [1.165, 1.54) is 18.3 Å². The van der Waals surface area contributed by atoms with Crippen molar-refractivity contribution >= 4 is 23.0 Å². The number of nitrogens with zero attached hydrogens (tertiary/aromatic N) is 1. The number of rotatable bonds is 2. The molecule has 1 amide bonds. The van der Waals surface area contributed by atoms with Crippen LogP contribution in [0.5, 0.6) is 0 Å². The third-order valence-corrected chi connectivity index (χ3v) is 2.19. The van der Waals surface area contributed by atoms with Crippen molar-refractivity contribution in [2.75, 3.05) is 5.32 Å². The molecule has 8 heteroatoms. The molecule has 0 saturated carbocycles. The maximum Gasteiger partial charge on any atom is 1.00 e. The Labute approximate surface area is 120 Å². The van der Waals surface area contributed by atoms with Crippen molar-refractivity contribution in [1.29, 1.82) is 0 Å². The van der Waals surface area contributed by atoms with Crippen LogP contribution in [0.15, 0.2) is 23.2 Å². The van der Waals surface area contributed by atoms with Crippen LogP contribution in [-0.2, 0) is 15.8 Å². The second-order valence-electron chi connectivity index (χ2n) is 4.24. The van der Waals surface area contributed by atoms with Crippen LogP contribution >= 0.6 is 0 Å². The number of nitrogens with one attached hydrogen (secondary N) is 1. The summed E-state index contributed by atoms with van der Waals surface area (Å²) in [5.41, 5.74) is -0.622. The third-order valence-electron chi connectivity index (χ3n) is 1.55. The molecule has 0 fully saturated rings. The summed E-state index contributed by atoms with van der Waals surface area (Å²) < 4.78 is 26.4. The summed E-state index contributed by atoms with van der Waals surface area (Å²) in [5, 5.41) is 2.35. The summed E-state index contributed by atoms with van der Waals surface area (Å²) in [6.45, 7) is 5.18. The van der Waals surface area contributed by atoms with Gasteiger partial charge in [0.05, 0.1) is 0 Å². The molecule has 0 bridgehead atoms. The zero-order valence-corrected chi connectivity index (χ0v) is 11.5. The molecular formula is C10H13LiN2O4S. The van der Waals surface area contributed by atoms with Crippen molar-refractivity contribution in [3.8, 4) is 0 Å². The average molecular weight is 264 g/mol. The van der Waals surface area contributed by atoms with Crippen LogP contribution in [0.1, 0.15) is 20.8 Å². The summed E-state index contributed by atoms with van der Waals surface area (Å²) in [4.78, 5) is 15.2. The SMILES string of the molecule is CC(C)(C)OC(=O)Nc1cc(S(=O)[O-])ccn1.[Li+]. The van der Waals surface area contributed by atoms with Gasteiger partial charge in [0.2, 0.25) is 0 Å². The maximum atomic E-state index is 11.4. The van der Waals surface area contributed by atoms with E-state index in [1.54, 1.807) is 20.8 Å². The molecule has 0 aliphatic carbocycles. The molecule has 1 unspecified atom stereocenters. The Morgan fingerprint density at radius 3 is 2.61 bits per heavy atom. The largest absolute Gasteiger partial charge is 1.00 e. The number of ether oxygens (including phenoxy) is 1. The van der Waals surface area contributed by atoms with Gasteiger partial charge in [-0.05, 0) is 44.0 Å². The second-order valence-corrected chi connectivity index (χ2v) is 5.18. The van der Waals surface area contributed by atoms with Crippen LogP contribution in [0.3, 0.4) is 0 Å². The van der Waals surface area contributed by atoms with Crippen molar-refractivity contribution in [3.05, 3.63) is 18.3 Å². The molecule has 0 saturated heterocycles. The fraction of sp³-hybridized carbons (Fsp3) is 0.400. The van der Waals surface area contributed by atoms with Gasteiger partial charge < -0.3 is 9.29 Å². The standard InChI is InChI=1S/C10H14N2O4S.Li/c1-10(2,3)16-9(13)12-8-6-7(17(14)15)4-5-11-8;/h4-6H,1-3H3,(H,14,15)(H,11,12,13);/q;+1/p-1. The van der Waals surface area contributed by atoms with E-state index in [4.69, 9.17) is 4.74 Å². The van der Waals surface area contributed by atoms with Crippen LogP contribution in [0.2, 0.25) is 0 Å². The molecule has 1 atom stereocenters. The first kappa shape index (κ1) is 17.1. The first-order valence-electron chi connectivity index (χ1n) is 4.83. The molecular weight excluding hydrogens is 251 g/mol. The summed E-state index contributed by atoms with van der Waals surface area (Å²) >= 11 is -2.36. The van der Waals surface area contributed by atoms with Gasteiger partial charge >= 0.3 is 25.0 Å². The number of aromatic nitrogens is 1. The summed E-state index contributed by atoms with van der Waals surface area (Å²) in [6, 6.07) is 2.57. The minimum atomic E-state index is -2.36. The quantitative estimate of drug-likeness (QED) is 0.528. The van der Waals surface area contributed by atoms with E-state index in [9.17, 15) is 13.6 Å². The fourth-order valence-electron chi connectivity index (χ4n) is 0.991. The Hall–Kier alpha value is -0.873. The van der Waals surface area contributed by atoms with Gasteiger partial charge in [0.1, 0.15) is 11.4 Å². The molecule has 0 radical (unpaired) electrons. The zero-order valence-electron chi connectivity index (χ0n) is 10.7. The van der Waals surface area contributed by atoms with Gasteiger partial charge in [0.25, 0.3) is 0 Å². The molecule has 0 aliphatic rings. The molecule has 6 nitrogen and oxygen atoms in total. The number of amides is 1. The van der Waals surface area contributed by atoms with E-state index in [-0.39, 0.29) is 29.6 Å². The van der Waals surface area contributed by atoms with E-state index >= 15 is 0 Å². The van der Waals surface area contributed by atoms with Crippen molar-refractivity contribution in [3.63, 3.8) is 0 Å². The average Bonchev–Trinajstić information content (AvgIpc) is 2.14. The zero-order chi connectivity index (χ0) is 13.1. The van der Waals surface area contributed by atoms with Crippen LogP contribution in [0, 0.1) is 0 Å². The normalized spacial score (nSPS) is 12.2. The number of anilines is 1. The van der Waals surface area contributed by atoms with E-state index in [0.29, 0.717) is 0 Å². The van der Waals surface area contributed by atoms with Gasteiger partial charge in [0.15, 0.2) is 0 Å². The van der Waals surface area contributed by atoms with Crippen molar-refractivity contribution < 1.29 is 37.2 Å². The Morgan fingerprint density at radius 2 is 2.11 bits per heavy atom. The predicted molar refractivity (Wildman–Crippen MR) is 61.3 cm³/mol. The molecule has 0 aromatic carbocycles. The predicted octanol–water partition coefficient (Wildman–Crippen LogP) is -1.33. The molecule has 1 heterocycles. The number of carbonyl (C=O) groups is 1. The topological polar surface area (TPSA) is 91.3 Å². The first-order valence-corrected chi connectivity index (χ1v) is 5.91. The first-order chi connectivity index (χ1) is 7.78. The van der Waals surface area contributed by atoms with E-state index in [1.807, 2.05) is 0 Å². The molecule has 18 heavy (non-hydrogen) atoms. The molecule has 0 spiro atoms. The fourth-order valence-corrected chi connectivity index (χ4v) is 1.37. The van der Waals surface area contributed by atoms with Gasteiger partial charge in [0, 0.05) is 11.1 Å². The monoisotopic (exact) mass is 264 g/mol. The Bertz CT molecular complexity index is 448. The summed E-state index contributed by atoms with van der Waals surface area (Å²) in [7, 11) is 0. The minimum absolute atomic E-state index is 0. The van der Waals surface area contributed by atoms with E-state index < -0.39 is 22.8 Å². The van der Waals surface area contributed by atoms with Gasteiger partial charge in [-0.3, -0.25) is 9.53 Å². The van der Waals surface area contributed by atoms with E-state index in [2.05, 4.69) is 10.3 Å². The second kappa shape index (κ2) is 6.90. The van der Waals surface area contributed by atoms with Gasteiger partial charge in [-0.25, -0.2) is 9.78 Å². The number of hydrogen-bond donors (Lipinski definition) is 1. The van der Waals surface area contributed by atoms with E-state index in [0.717, 1.165) is 0 Å². The van der Waals surface area contributed by atoms with Crippen LogP contribution in [0.25, 0.3) is 0 Å². The number of hydrogen-bond acceptors (Lipinski definition) is 5. The van der Waals surface area contributed by atoms with Gasteiger partial charge in [-0.2, -0.15) is 0 Å². The molecule has 1 N–H and O–H groups in total. The van der Waals surface area contributed by atoms with Crippen molar-refractivity contribution in [1.82, 2.24) is 4.98 Å². The Morgan fingerprint density at radius 1 is 1.50 bits per heavy atom. The Balaban J connectivity index is 0.00000289. The molecule has 1 aromatic rings. The molecule has 1 rings (SSSR count). The molecule has 94 valence electrons. The summed E-state index contributed by atoms with van der Waals surface area (Å²) in [6.07, 6.45) is 0.608. The van der Waals surface area contributed by atoms with Crippen LogP contribution < -0.4 is 24.2 Å². The Kier molecular flexibility index (Phi) is 6.57. The summed E-state index contributed by atoms with van der Waals surface area (Å²) in [5.74, 6) is 0.126. The number of pyridine rings is 1. The minimum Gasteiger partial charge on any atom is -0.768 e. The molecule has 0 aliphatic heterocycles. The van der Waals surface area contributed by atoms with Gasteiger partial charge in [-0.1, -0.05) is 0 Å². The van der Waals surface area contributed by atoms with Crippen LogP contribution in [-0.4, -0.2) is 25.4 Å². The molecule has 1 aromatic heterocycles. The van der Waals surface area contributed by atoms with Crippen molar-refractivity contribution in [2.45, 2.75) is 31.3 Å². The maximum absolute atomic E-state index is 11.4. The van der Waals surface area contributed by atoms with Crippen LogP contribution in [0.4, 0.5) is 10.6 Å². The van der Waals surface area contributed by atoms with Gasteiger partial charge in [-0.15, -0.1) is 0 Å².